The fourth-order valence-corrected chi connectivity index (χ4v) is 4.26. The number of fused-ring (bicyclic) bond motifs is 1. The molecule has 0 fully saturated rings. The zero-order valence-electron chi connectivity index (χ0n) is 14.4. The minimum atomic E-state index is -0.278. The molecule has 0 aliphatic carbocycles. The maximum absolute atomic E-state index is 13.1. The first-order valence-corrected chi connectivity index (χ1v) is 9.94. The molecule has 4 rings (SSSR count). The van der Waals surface area contributed by atoms with Crippen LogP contribution < -0.4 is 5.32 Å². The lowest BCUT2D eigenvalue weighted by atomic mass is 10.2. The summed E-state index contributed by atoms with van der Waals surface area (Å²) < 4.78 is 15.9. The first kappa shape index (κ1) is 17.9. The third-order valence-electron chi connectivity index (χ3n) is 4.16. The molecular weight excluding hydrogens is 429 g/mol. The van der Waals surface area contributed by atoms with Crippen molar-refractivity contribution in [3.8, 4) is 11.3 Å². The normalized spacial score (nSPS) is 11.1. The van der Waals surface area contributed by atoms with E-state index in [1.165, 1.54) is 23.5 Å². The van der Waals surface area contributed by atoms with Crippen LogP contribution in [0.5, 0.6) is 0 Å². The number of hydrogen-bond acceptors (Lipinski definition) is 3. The number of anilines is 1. The zero-order valence-corrected chi connectivity index (χ0v) is 16.8. The average molecular weight is 444 g/mol. The van der Waals surface area contributed by atoms with Crippen molar-refractivity contribution in [1.29, 1.82) is 0 Å². The van der Waals surface area contributed by atoms with E-state index in [0.29, 0.717) is 0 Å². The molecule has 0 saturated heterocycles. The fourth-order valence-electron chi connectivity index (χ4n) is 2.80. The van der Waals surface area contributed by atoms with E-state index in [4.69, 9.17) is 0 Å². The van der Waals surface area contributed by atoms with Gasteiger partial charge in [0.1, 0.15) is 5.82 Å². The van der Waals surface area contributed by atoms with Gasteiger partial charge in [-0.25, -0.2) is 9.37 Å². The van der Waals surface area contributed by atoms with E-state index in [2.05, 4.69) is 26.2 Å². The van der Waals surface area contributed by atoms with Crippen LogP contribution in [0.15, 0.2) is 58.5 Å². The Hall–Kier alpha value is -2.51. The first-order valence-electron chi connectivity index (χ1n) is 8.27. The SMILES string of the molecule is Cc1ccc(NC(=O)Cc2csc3nc(-c4ccc(F)cc4)cn23)c(Br)c1. The number of amides is 1. The zero-order chi connectivity index (χ0) is 19.0. The Morgan fingerprint density at radius 1 is 1.26 bits per heavy atom. The highest BCUT2D eigenvalue weighted by Gasteiger charge is 2.13. The second-order valence-electron chi connectivity index (χ2n) is 6.22. The van der Waals surface area contributed by atoms with Crippen LogP contribution in [0, 0.1) is 12.7 Å². The topological polar surface area (TPSA) is 46.4 Å². The molecule has 0 aliphatic rings. The highest BCUT2D eigenvalue weighted by atomic mass is 79.9. The van der Waals surface area contributed by atoms with Gasteiger partial charge in [-0.3, -0.25) is 9.20 Å². The highest BCUT2D eigenvalue weighted by molar-refractivity contribution is 9.10. The van der Waals surface area contributed by atoms with Gasteiger partial charge in [0, 0.05) is 27.3 Å². The third kappa shape index (κ3) is 3.79. The van der Waals surface area contributed by atoms with E-state index in [9.17, 15) is 9.18 Å². The summed E-state index contributed by atoms with van der Waals surface area (Å²) in [6, 6.07) is 12.0. The van der Waals surface area contributed by atoms with Crippen molar-refractivity contribution in [2.45, 2.75) is 13.3 Å². The van der Waals surface area contributed by atoms with Crippen LogP contribution in [0.1, 0.15) is 11.3 Å². The third-order valence-corrected chi connectivity index (χ3v) is 5.71. The van der Waals surface area contributed by atoms with Gasteiger partial charge in [-0.15, -0.1) is 11.3 Å². The Bertz CT molecular complexity index is 1130. The van der Waals surface area contributed by atoms with E-state index in [1.807, 2.05) is 41.1 Å². The minimum Gasteiger partial charge on any atom is -0.325 e. The number of halogens is 2. The van der Waals surface area contributed by atoms with Gasteiger partial charge in [-0.05, 0) is 64.8 Å². The van der Waals surface area contributed by atoms with E-state index < -0.39 is 0 Å². The number of benzene rings is 2. The minimum absolute atomic E-state index is 0.101. The smallest absolute Gasteiger partial charge is 0.230 e. The molecule has 0 aliphatic heterocycles. The monoisotopic (exact) mass is 443 g/mol. The summed E-state index contributed by atoms with van der Waals surface area (Å²) in [7, 11) is 0. The van der Waals surface area contributed by atoms with E-state index in [1.54, 1.807) is 12.1 Å². The molecule has 0 unspecified atom stereocenters. The van der Waals surface area contributed by atoms with Crippen molar-refractivity contribution in [1.82, 2.24) is 9.38 Å². The molecule has 136 valence electrons. The van der Waals surface area contributed by atoms with E-state index >= 15 is 0 Å². The molecule has 1 amide bonds. The molecule has 0 saturated carbocycles. The molecule has 2 aromatic heterocycles. The number of imidazole rings is 1. The predicted octanol–water partition coefficient (Wildman–Crippen LogP) is 5.45. The van der Waals surface area contributed by atoms with Gasteiger partial charge in [-0.1, -0.05) is 6.07 Å². The van der Waals surface area contributed by atoms with Crippen molar-refractivity contribution in [3.05, 3.63) is 75.6 Å². The molecule has 4 nitrogen and oxygen atoms in total. The second-order valence-corrected chi connectivity index (χ2v) is 7.91. The van der Waals surface area contributed by atoms with Crippen LogP contribution in [0.4, 0.5) is 10.1 Å². The maximum atomic E-state index is 13.1. The standard InChI is InChI=1S/C20H15BrFN3OS/c1-12-2-7-17(16(21)8-12)23-19(26)9-15-11-27-20-24-18(10-25(15)20)13-3-5-14(22)6-4-13/h2-8,10-11H,9H2,1H3,(H,23,26). The van der Waals surface area contributed by atoms with Gasteiger partial charge in [0.2, 0.25) is 5.91 Å². The first-order chi connectivity index (χ1) is 13.0. The van der Waals surface area contributed by atoms with Crippen LogP contribution in [-0.4, -0.2) is 15.3 Å². The summed E-state index contributed by atoms with van der Waals surface area (Å²) in [5.74, 6) is -0.379. The number of carbonyl (C=O) groups excluding carboxylic acids is 1. The summed E-state index contributed by atoms with van der Waals surface area (Å²) in [4.78, 5) is 17.8. The van der Waals surface area contributed by atoms with Crippen LogP contribution in [0.2, 0.25) is 0 Å². The Kier molecular flexibility index (Phi) is 4.80. The van der Waals surface area contributed by atoms with Gasteiger partial charge in [0.25, 0.3) is 0 Å². The van der Waals surface area contributed by atoms with E-state index in [0.717, 1.165) is 37.6 Å². The molecule has 2 aromatic carbocycles. The molecule has 0 bridgehead atoms. The lowest BCUT2D eigenvalue weighted by Gasteiger charge is -2.08. The average Bonchev–Trinajstić information content (AvgIpc) is 3.20. The molecule has 1 N–H and O–H groups in total. The Balaban J connectivity index is 1.55. The van der Waals surface area contributed by atoms with E-state index in [-0.39, 0.29) is 18.1 Å². The molecule has 2 heterocycles. The molecular formula is C20H15BrFN3OS. The summed E-state index contributed by atoms with van der Waals surface area (Å²) >= 11 is 4.95. The maximum Gasteiger partial charge on any atom is 0.230 e. The molecule has 7 heteroatoms. The largest absolute Gasteiger partial charge is 0.325 e. The van der Waals surface area contributed by atoms with Crippen molar-refractivity contribution in [3.63, 3.8) is 0 Å². The Morgan fingerprint density at radius 3 is 2.78 bits per heavy atom. The molecule has 0 atom stereocenters. The summed E-state index contributed by atoms with van der Waals surface area (Å²) in [6.45, 7) is 2.00. The van der Waals surface area contributed by atoms with Crippen LogP contribution in [0.25, 0.3) is 16.2 Å². The quantitative estimate of drug-likeness (QED) is 0.455. The fraction of sp³-hybridized carbons (Fsp3) is 0.100. The van der Waals surface area contributed by atoms with Crippen molar-refractivity contribution < 1.29 is 9.18 Å². The number of hydrogen-bond donors (Lipinski definition) is 1. The number of carbonyl (C=O) groups is 1. The number of aromatic nitrogens is 2. The van der Waals surface area contributed by atoms with Crippen LogP contribution in [-0.2, 0) is 11.2 Å². The molecule has 27 heavy (non-hydrogen) atoms. The van der Waals surface area contributed by atoms with Crippen LogP contribution >= 0.6 is 27.3 Å². The van der Waals surface area contributed by atoms with Crippen molar-refractivity contribution >= 4 is 43.8 Å². The predicted molar refractivity (Wildman–Crippen MR) is 110 cm³/mol. The number of aryl methyl sites for hydroxylation is 1. The highest BCUT2D eigenvalue weighted by Crippen LogP contribution is 2.26. The summed E-state index contributed by atoms with van der Waals surface area (Å²) in [5, 5.41) is 4.86. The van der Waals surface area contributed by atoms with Gasteiger partial charge in [-0.2, -0.15) is 0 Å². The van der Waals surface area contributed by atoms with Crippen LogP contribution in [0.3, 0.4) is 0 Å². The van der Waals surface area contributed by atoms with Gasteiger partial charge in [0.05, 0.1) is 17.8 Å². The van der Waals surface area contributed by atoms with Crippen molar-refractivity contribution in [2.24, 2.45) is 0 Å². The Labute approximate surface area is 167 Å². The number of thiazole rings is 1. The van der Waals surface area contributed by atoms with Gasteiger partial charge < -0.3 is 5.32 Å². The number of nitrogens with zero attached hydrogens (tertiary/aromatic N) is 2. The molecule has 0 spiro atoms. The van der Waals surface area contributed by atoms with Gasteiger partial charge >= 0.3 is 0 Å². The lowest BCUT2D eigenvalue weighted by Crippen LogP contribution is -2.15. The Morgan fingerprint density at radius 2 is 2.04 bits per heavy atom. The molecule has 0 radical (unpaired) electrons. The number of nitrogens with one attached hydrogen (secondary N) is 1. The lowest BCUT2D eigenvalue weighted by molar-refractivity contribution is -0.115. The molecule has 4 aromatic rings. The summed E-state index contributed by atoms with van der Waals surface area (Å²) in [5.41, 5.74) is 4.31. The number of rotatable bonds is 4. The van der Waals surface area contributed by atoms with Crippen molar-refractivity contribution in [2.75, 3.05) is 5.32 Å². The summed E-state index contributed by atoms with van der Waals surface area (Å²) in [6.07, 6.45) is 2.11. The second kappa shape index (κ2) is 7.25. The van der Waals surface area contributed by atoms with Gasteiger partial charge in [0.15, 0.2) is 4.96 Å².